The normalized spacial score (nSPS) is 11.1. The number of hydrogen-bond donors (Lipinski definition) is 0. The second-order valence-electron chi connectivity index (χ2n) is 6.38. The predicted octanol–water partition coefficient (Wildman–Crippen LogP) is 4.30. The third-order valence-corrected chi connectivity index (χ3v) is 4.26. The molecule has 0 atom stereocenters. The van der Waals surface area contributed by atoms with Gasteiger partial charge in [-0.3, -0.25) is 4.79 Å². The number of rotatable bonds is 3. The van der Waals surface area contributed by atoms with Crippen LogP contribution in [-0.2, 0) is 0 Å². The summed E-state index contributed by atoms with van der Waals surface area (Å²) in [5.41, 5.74) is 2.74. The zero-order chi connectivity index (χ0) is 19.1. The maximum Gasteiger partial charge on any atom is 0.256 e. The molecule has 2 heterocycles. The van der Waals surface area contributed by atoms with Crippen molar-refractivity contribution in [1.82, 2.24) is 15.1 Å². The first-order chi connectivity index (χ1) is 12.9. The van der Waals surface area contributed by atoms with Crippen LogP contribution in [0.25, 0.3) is 33.6 Å². The molecule has 0 radical (unpaired) electrons. The van der Waals surface area contributed by atoms with Crippen molar-refractivity contribution in [2.75, 3.05) is 14.1 Å². The van der Waals surface area contributed by atoms with Gasteiger partial charge in [0.15, 0.2) is 0 Å². The molecule has 0 aliphatic rings. The standard InChI is InChI=1S/C20H16FN3O3/c1-11-22-23-19(27-11)13-5-7-18-15(8-13)16(10-26-18)12-4-6-14(17(21)9-12)20(25)24(2)3/h4-10H,1-3H3. The summed E-state index contributed by atoms with van der Waals surface area (Å²) < 4.78 is 25.5. The average molecular weight is 365 g/mol. The highest BCUT2D eigenvalue weighted by atomic mass is 19.1. The number of hydrogen-bond acceptors (Lipinski definition) is 5. The minimum atomic E-state index is -0.579. The van der Waals surface area contributed by atoms with Crippen molar-refractivity contribution in [3.63, 3.8) is 0 Å². The Hall–Kier alpha value is -3.48. The molecule has 4 rings (SSSR count). The van der Waals surface area contributed by atoms with E-state index in [9.17, 15) is 9.18 Å². The fourth-order valence-electron chi connectivity index (χ4n) is 2.90. The van der Waals surface area contributed by atoms with Gasteiger partial charge in [0, 0.05) is 37.5 Å². The van der Waals surface area contributed by atoms with Crippen LogP contribution in [0.4, 0.5) is 4.39 Å². The third-order valence-electron chi connectivity index (χ3n) is 4.26. The van der Waals surface area contributed by atoms with E-state index in [1.807, 2.05) is 12.1 Å². The quantitative estimate of drug-likeness (QED) is 0.541. The average Bonchev–Trinajstić information content (AvgIpc) is 3.26. The van der Waals surface area contributed by atoms with Gasteiger partial charge in [-0.05, 0) is 35.9 Å². The first kappa shape index (κ1) is 17.0. The van der Waals surface area contributed by atoms with Crippen molar-refractivity contribution in [1.29, 1.82) is 0 Å². The zero-order valence-electron chi connectivity index (χ0n) is 15.0. The molecule has 0 spiro atoms. The van der Waals surface area contributed by atoms with E-state index in [-0.39, 0.29) is 11.5 Å². The molecule has 2 aromatic carbocycles. The van der Waals surface area contributed by atoms with Gasteiger partial charge < -0.3 is 13.7 Å². The number of halogens is 1. The van der Waals surface area contributed by atoms with Crippen LogP contribution in [0.2, 0.25) is 0 Å². The molecule has 0 aliphatic heterocycles. The molecular weight excluding hydrogens is 349 g/mol. The fourth-order valence-corrected chi connectivity index (χ4v) is 2.90. The molecule has 7 heteroatoms. The highest BCUT2D eigenvalue weighted by Gasteiger charge is 2.17. The van der Waals surface area contributed by atoms with Crippen LogP contribution in [0.15, 0.2) is 51.5 Å². The Morgan fingerprint density at radius 1 is 1.07 bits per heavy atom. The monoisotopic (exact) mass is 365 g/mol. The van der Waals surface area contributed by atoms with Gasteiger partial charge in [0.05, 0.1) is 11.8 Å². The Labute approximate surface area is 154 Å². The molecule has 0 saturated heterocycles. The Morgan fingerprint density at radius 3 is 2.52 bits per heavy atom. The van der Waals surface area contributed by atoms with E-state index in [1.54, 1.807) is 39.4 Å². The number of aryl methyl sites for hydroxylation is 1. The Morgan fingerprint density at radius 2 is 1.85 bits per heavy atom. The number of carbonyl (C=O) groups is 1. The maximum atomic E-state index is 14.5. The minimum Gasteiger partial charge on any atom is -0.464 e. The number of furan rings is 1. The smallest absolute Gasteiger partial charge is 0.256 e. The summed E-state index contributed by atoms with van der Waals surface area (Å²) in [7, 11) is 3.17. The molecule has 0 N–H and O–H groups in total. The van der Waals surface area contributed by atoms with Gasteiger partial charge in [-0.25, -0.2) is 4.39 Å². The number of aromatic nitrogens is 2. The van der Waals surface area contributed by atoms with Crippen LogP contribution in [0.3, 0.4) is 0 Å². The molecule has 0 aliphatic carbocycles. The van der Waals surface area contributed by atoms with Crippen LogP contribution in [0.1, 0.15) is 16.2 Å². The van der Waals surface area contributed by atoms with Crippen molar-refractivity contribution in [3.8, 4) is 22.6 Å². The van der Waals surface area contributed by atoms with Crippen molar-refractivity contribution < 1.29 is 18.0 Å². The number of nitrogens with zero attached hydrogens (tertiary/aromatic N) is 3. The van der Waals surface area contributed by atoms with Gasteiger partial charge in [0.25, 0.3) is 5.91 Å². The van der Waals surface area contributed by atoms with Gasteiger partial charge in [0.2, 0.25) is 11.8 Å². The summed E-state index contributed by atoms with van der Waals surface area (Å²) in [6, 6.07) is 10.0. The Kier molecular flexibility index (Phi) is 3.99. The largest absolute Gasteiger partial charge is 0.464 e. The number of amides is 1. The number of fused-ring (bicyclic) bond motifs is 1. The zero-order valence-corrected chi connectivity index (χ0v) is 15.0. The van der Waals surface area contributed by atoms with Gasteiger partial charge in [-0.15, -0.1) is 10.2 Å². The lowest BCUT2D eigenvalue weighted by molar-refractivity contribution is 0.0823. The molecule has 0 saturated carbocycles. The molecule has 1 amide bonds. The summed E-state index contributed by atoms with van der Waals surface area (Å²) >= 11 is 0. The highest BCUT2D eigenvalue weighted by molar-refractivity contribution is 5.98. The molecule has 2 aromatic heterocycles. The van der Waals surface area contributed by atoms with Gasteiger partial charge in [0.1, 0.15) is 11.4 Å². The fraction of sp³-hybridized carbons (Fsp3) is 0.150. The van der Waals surface area contributed by atoms with Gasteiger partial charge in [-0.1, -0.05) is 6.07 Å². The summed E-state index contributed by atoms with van der Waals surface area (Å²) in [4.78, 5) is 13.4. The molecule has 27 heavy (non-hydrogen) atoms. The van der Waals surface area contributed by atoms with E-state index < -0.39 is 5.82 Å². The predicted molar refractivity (Wildman–Crippen MR) is 97.7 cm³/mol. The molecular formula is C20H16FN3O3. The number of benzene rings is 2. The molecule has 0 bridgehead atoms. The first-order valence-corrected chi connectivity index (χ1v) is 8.27. The topological polar surface area (TPSA) is 72.4 Å². The van der Waals surface area contributed by atoms with Crippen LogP contribution < -0.4 is 0 Å². The van der Waals surface area contributed by atoms with E-state index in [0.717, 1.165) is 10.9 Å². The summed E-state index contributed by atoms with van der Waals surface area (Å²) in [5, 5.41) is 8.65. The molecule has 0 fully saturated rings. The minimum absolute atomic E-state index is 0.0265. The molecule has 4 aromatic rings. The lowest BCUT2D eigenvalue weighted by atomic mass is 10.0. The Balaban J connectivity index is 1.80. The first-order valence-electron chi connectivity index (χ1n) is 8.27. The highest BCUT2D eigenvalue weighted by Crippen LogP contribution is 2.34. The molecule has 0 unspecified atom stereocenters. The van der Waals surface area contributed by atoms with Crippen LogP contribution in [0, 0.1) is 12.7 Å². The Bertz CT molecular complexity index is 1160. The summed E-state index contributed by atoms with van der Waals surface area (Å²) in [6.45, 7) is 1.72. The van der Waals surface area contributed by atoms with Crippen molar-refractivity contribution in [3.05, 3.63) is 59.9 Å². The summed E-state index contributed by atoms with van der Waals surface area (Å²) in [6.07, 6.45) is 1.57. The second kappa shape index (κ2) is 6.35. The van der Waals surface area contributed by atoms with Crippen LogP contribution in [0.5, 0.6) is 0 Å². The van der Waals surface area contributed by atoms with E-state index in [4.69, 9.17) is 8.83 Å². The van der Waals surface area contributed by atoms with E-state index in [1.165, 1.54) is 17.0 Å². The number of carbonyl (C=O) groups excluding carboxylic acids is 1. The third kappa shape index (κ3) is 2.97. The maximum absolute atomic E-state index is 14.5. The van der Waals surface area contributed by atoms with Crippen molar-refractivity contribution in [2.45, 2.75) is 6.92 Å². The van der Waals surface area contributed by atoms with Gasteiger partial charge in [-0.2, -0.15) is 0 Å². The van der Waals surface area contributed by atoms with Crippen LogP contribution in [-0.4, -0.2) is 35.1 Å². The van der Waals surface area contributed by atoms with E-state index in [0.29, 0.717) is 28.5 Å². The van der Waals surface area contributed by atoms with Crippen molar-refractivity contribution in [2.24, 2.45) is 0 Å². The van der Waals surface area contributed by atoms with E-state index in [2.05, 4.69) is 10.2 Å². The molecule has 136 valence electrons. The SMILES string of the molecule is Cc1nnc(-c2ccc3occ(-c4ccc(C(=O)N(C)C)c(F)c4)c3c2)o1. The summed E-state index contributed by atoms with van der Waals surface area (Å²) in [5.74, 6) is -0.0882. The molecule has 6 nitrogen and oxygen atoms in total. The van der Waals surface area contributed by atoms with Crippen LogP contribution >= 0.6 is 0 Å². The second-order valence-corrected chi connectivity index (χ2v) is 6.38. The lowest BCUT2D eigenvalue weighted by Gasteiger charge is -2.11. The van der Waals surface area contributed by atoms with Crippen molar-refractivity contribution >= 4 is 16.9 Å². The lowest BCUT2D eigenvalue weighted by Crippen LogP contribution is -2.22. The van der Waals surface area contributed by atoms with E-state index >= 15 is 0 Å². The van der Waals surface area contributed by atoms with Gasteiger partial charge >= 0.3 is 0 Å².